The maximum Gasteiger partial charge on any atom is 0.0876 e. The fourth-order valence-electron chi connectivity index (χ4n) is 2.23. The number of ether oxygens (including phenoxy) is 1. The normalized spacial score (nSPS) is 23.2. The minimum Gasteiger partial charge on any atom is -0.369 e. The smallest absolute Gasteiger partial charge is 0.0876 e. The molecule has 2 unspecified atom stereocenters. The summed E-state index contributed by atoms with van der Waals surface area (Å²) in [6, 6.07) is 0. The molecule has 1 aliphatic rings. The van der Waals surface area contributed by atoms with Crippen LogP contribution in [0.4, 0.5) is 0 Å². The number of hydrogen-bond acceptors (Lipinski definition) is 1. The van der Waals surface area contributed by atoms with Gasteiger partial charge in [-0.1, -0.05) is 63.8 Å². The SMILES string of the molecule is CCCCCCC/C=C/C/C=C/CC1OC1CC. The monoisotopic (exact) mass is 250 g/mol. The third kappa shape index (κ3) is 7.71. The van der Waals surface area contributed by atoms with Crippen molar-refractivity contribution in [3.8, 4) is 0 Å². The molecule has 1 nitrogen and oxygen atoms in total. The van der Waals surface area contributed by atoms with Gasteiger partial charge in [0.15, 0.2) is 0 Å². The third-order valence-electron chi connectivity index (χ3n) is 3.54. The molecule has 0 N–H and O–H groups in total. The van der Waals surface area contributed by atoms with E-state index in [1.807, 2.05) is 0 Å². The number of unbranched alkanes of at least 4 members (excludes halogenated alkanes) is 5. The maximum atomic E-state index is 5.49. The van der Waals surface area contributed by atoms with Gasteiger partial charge in [-0.05, 0) is 32.1 Å². The predicted molar refractivity (Wildman–Crippen MR) is 79.8 cm³/mol. The molecule has 0 saturated carbocycles. The van der Waals surface area contributed by atoms with E-state index in [9.17, 15) is 0 Å². The molecule has 0 bridgehead atoms. The van der Waals surface area contributed by atoms with E-state index in [-0.39, 0.29) is 0 Å². The molecule has 0 aromatic heterocycles. The Balaban J connectivity index is 1.83. The molecule has 0 amide bonds. The van der Waals surface area contributed by atoms with E-state index in [2.05, 4.69) is 38.2 Å². The number of allylic oxidation sites excluding steroid dienone is 3. The highest BCUT2D eigenvalue weighted by Gasteiger charge is 2.35. The lowest BCUT2D eigenvalue weighted by atomic mass is 10.1. The molecule has 1 saturated heterocycles. The molecule has 1 fully saturated rings. The Kier molecular flexibility index (Phi) is 8.93. The fraction of sp³-hybridized carbons (Fsp3) is 0.765. The average molecular weight is 250 g/mol. The first-order valence-electron chi connectivity index (χ1n) is 7.84. The molecular weight excluding hydrogens is 220 g/mol. The van der Waals surface area contributed by atoms with Gasteiger partial charge in [-0.3, -0.25) is 0 Å². The van der Waals surface area contributed by atoms with Gasteiger partial charge in [0.1, 0.15) is 0 Å². The Morgan fingerprint density at radius 1 is 0.833 bits per heavy atom. The predicted octanol–water partition coefficient (Wildman–Crippen LogP) is 5.42. The van der Waals surface area contributed by atoms with Crippen LogP contribution in [0, 0.1) is 0 Å². The molecule has 0 aromatic carbocycles. The summed E-state index contributed by atoms with van der Waals surface area (Å²) in [5, 5.41) is 0. The van der Waals surface area contributed by atoms with Crippen molar-refractivity contribution < 1.29 is 4.74 Å². The molecule has 104 valence electrons. The Labute approximate surface area is 113 Å². The standard InChI is InChI=1S/C17H30O/c1-3-5-6-7-8-9-10-11-12-13-14-15-17-16(4-2)18-17/h10-11,13-14,16-17H,3-9,12,15H2,1-2H3/b11-10+,14-13+. The van der Waals surface area contributed by atoms with E-state index < -0.39 is 0 Å². The topological polar surface area (TPSA) is 12.5 Å². The lowest BCUT2D eigenvalue weighted by Gasteiger charge is -1.95. The first-order chi connectivity index (χ1) is 8.88. The molecule has 0 radical (unpaired) electrons. The largest absolute Gasteiger partial charge is 0.369 e. The molecular formula is C17H30O. The van der Waals surface area contributed by atoms with Crippen LogP contribution in [0.25, 0.3) is 0 Å². The number of hydrogen-bond donors (Lipinski definition) is 0. The maximum absolute atomic E-state index is 5.49. The minimum atomic E-state index is 0.522. The summed E-state index contributed by atoms with van der Waals surface area (Å²) in [4.78, 5) is 0. The minimum absolute atomic E-state index is 0.522. The second kappa shape index (κ2) is 10.4. The summed E-state index contributed by atoms with van der Waals surface area (Å²) < 4.78 is 5.49. The van der Waals surface area contributed by atoms with Crippen molar-refractivity contribution in [3.05, 3.63) is 24.3 Å². The zero-order valence-corrected chi connectivity index (χ0v) is 12.2. The summed E-state index contributed by atoms with van der Waals surface area (Å²) in [7, 11) is 0. The van der Waals surface area contributed by atoms with E-state index in [0.717, 1.165) is 19.3 Å². The van der Waals surface area contributed by atoms with Gasteiger partial charge < -0.3 is 4.74 Å². The van der Waals surface area contributed by atoms with E-state index >= 15 is 0 Å². The molecule has 0 spiro atoms. The van der Waals surface area contributed by atoms with Gasteiger partial charge in [-0.15, -0.1) is 0 Å². The van der Waals surface area contributed by atoms with Crippen molar-refractivity contribution in [1.82, 2.24) is 0 Å². The van der Waals surface area contributed by atoms with Gasteiger partial charge in [0.05, 0.1) is 12.2 Å². The van der Waals surface area contributed by atoms with Crippen molar-refractivity contribution in [2.75, 3.05) is 0 Å². The van der Waals surface area contributed by atoms with E-state index in [0.29, 0.717) is 12.2 Å². The van der Waals surface area contributed by atoms with Crippen LogP contribution in [0.5, 0.6) is 0 Å². The van der Waals surface area contributed by atoms with Crippen LogP contribution >= 0.6 is 0 Å². The second-order valence-corrected chi connectivity index (χ2v) is 5.24. The summed E-state index contributed by atoms with van der Waals surface area (Å²) in [5.41, 5.74) is 0. The summed E-state index contributed by atoms with van der Waals surface area (Å²) in [6.07, 6.45) is 21.7. The van der Waals surface area contributed by atoms with Crippen LogP contribution < -0.4 is 0 Å². The van der Waals surface area contributed by atoms with Crippen molar-refractivity contribution in [2.45, 2.75) is 83.8 Å². The van der Waals surface area contributed by atoms with Gasteiger partial charge in [0.25, 0.3) is 0 Å². The number of rotatable bonds is 11. The van der Waals surface area contributed by atoms with Crippen LogP contribution in [-0.2, 0) is 4.74 Å². The molecule has 0 aliphatic carbocycles. The van der Waals surface area contributed by atoms with Crippen molar-refractivity contribution in [2.24, 2.45) is 0 Å². The summed E-state index contributed by atoms with van der Waals surface area (Å²) in [5.74, 6) is 0. The summed E-state index contributed by atoms with van der Waals surface area (Å²) >= 11 is 0. The van der Waals surface area contributed by atoms with Gasteiger partial charge in [-0.25, -0.2) is 0 Å². The molecule has 1 aliphatic heterocycles. The van der Waals surface area contributed by atoms with Crippen LogP contribution in [0.1, 0.15) is 71.6 Å². The number of epoxide rings is 1. The van der Waals surface area contributed by atoms with Crippen LogP contribution in [0.3, 0.4) is 0 Å². The van der Waals surface area contributed by atoms with Crippen LogP contribution in [-0.4, -0.2) is 12.2 Å². The van der Waals surface area contributed by atoms with Gasteiger partial charge in [0, 0.05) is 0 Å². The lowest BCUT2D eigenvalue weighted by molar-refractivity contribution is 0.367. The molecule has 1 rings (SSSR count). The average Bonchev–Trinajstić information content (AvgIpc) is 3.14. The van der Waals surface area contributed by atoms with Gasteiger partial charge in [-0.2, -0.15) is 0 Å². The quantitative estimate of drug-likeness (QED) is 0.271. The van der Waals surface area contributed by atoms with Crippen molar-refractivity contribution in [3.63, 3.8) is 0 Å². The molecule has 1 heteroatoms. The van der Waals surface area contributed by atoms with E-state index in [1.54, 1.807) is 0 Å². The Hall–Kier alpha value is -0.560. The Morgan fingerprint density at radius 3 is 2.33 bits per heavy atom. The van der Waals surface area contributed by atoms with Crippen LogP contribution in [0.15, 0.2) is 24.3 Å². The molecule has 0 aromatic rings. The van der Waals surface area contributed by atoms with Gasteiger partial charge in [0.2, 0.25) is 0 Å². The van der Waals surface area contributed by atoms with E-state index in [1.165, 1.54) is 38.5 Å². The molecule has 18 heavy (non-hydrogen) atoms. The van der Waals surface area contributed by atoms with Crippen molar-refractivity contribution in [1.29, 1.82) is 0 Å². The first kappa shape index (κ1) is 15.5. The fourth-order valence-corrected chi connectivity index (χ4v) is 2.23. The third-order valence-corrected chi connectivity index (χ3v) is 3.54. The highest BCUT2D eigenvalue weighted by Crippen LogP contribution is 2.28. The zero-order chi connectivity index (χ0) is 13.1. The second-order valence-electron chi connectivity index (χ2n) is 5.24. The van der Waals surface area contributed by atoms with Gasteiger partial charge >= 0.3 is 0 Å². The van der Waals surface area contributed by atoms with E-state index in [4.69, 9.17) is 4.74 Å². The highest BCUT2D eigenvalue weighted by molar-refractivity contribution is 4.97. The Bertz CT molecular complexity index is 242. The van der Waals surface area contributed by atoms with Crippen LogP contribution in [0.2, 0.25) is 0 Å². The lowest BCUT2D eigenvalue weighted by Crippen LogP contribution is -1.88. The zero-order valence-electron chi connectivity index (χ0n) is 12.2. The molecule has 2 atom stereocenters. The highest BCUT2D eigenvalue weighted by atomic mass is 16.6. The Morgan fingerprint density at radius 2 is 1.61 bits per heavy atom. The van der Waals surface area contributed by atoms with Crippen molar-refractivity contribution >= 4 is 0 Å². The summed E-state index contributed by atoms with van der Waals surface area (Å²) in [6.45, 7) is 4.46. The molecule has 1 heterocycles. The first-order valence-corrected chi connectivity index (χ1v) is 7.84.